The second-order valence-electron chi connectivity index (χ2n) is 5.96. The third kappa shape index (κ3) is 3.56. The smallest absolute Gasteiger partial charge is 0.222 e. The van der Waals surface area contributed by atoms with Crippen molar-refractivity contribution < 1.29 is 4.79 Å². The second kappa shape index (κ2) is 6.51. The van der Waals surface area contributed by atoms with Crippen LogP contribution in [0, 0.1) is 11.3 Å². The molecule has 1 heterocycles. The first-order valence-electron chi connectivity index (χ1n) is 7.68. The van der Waals surface area contributed by atoms with E-state index in [1.54, 1.807) is 0 Å². The van der Waals surface area contributed by atoms with Gasteiger partial charge in [-0.3, -0.25) is 9.69 Å². The Morgan fingerprint density at radius 1 is 1.11 bits per heavy atom. The van der Waals surface area contributed by atoms with Crippen LogP contribution in [0.1, 0.15) is 46.0 Å². The fourth-order valence-electron chi connectivity index (χ4n) is 3.43. The van der Waals surface area contributed by atoms with E-state index in [0.29, 0.717) is 24.3 Å². The van der Waals surface area contributed by atoms with Crippen molar-refractivity contribution in [3.05, 3.63) is 0 Å². The van der Waals surface area contributed by atoms with Crippen molar-refractivity contribution in [3.8, 4) is 0 Å². The van der Waals surface area contributed by atoms with Crippen molar-refractivity contribution in [2.45, 2.75) is 52.0 Å². The molecule has 19 heavy (non-hydrogen) atoms. The molecule has 0 atom stereocenters. The zero-order valence-corrected chi connectivity index (χ0v) is 12.3. The van der Waals surface area contributed by atoms with Gasteiger partial charge in [-0.15, -0.1) is 0 Å². The first kappa shape index (κ1) is 14.5. The summed E-state index contributed by atoms with van der Waals surface area (Å²) in [5, 5.41) is 7.74. The van der Waals surface area contributed by atoms with Crippen LogP contribution in [0.25, 0.3) is 0 Å². The van der Waals surface area contributed by atoms with E-state index in [9.17, 15) is 4.79 Å². The molecule has 4 heteroatoms. The maximum Gasteiger partial charge on any atom is 0.222 e. The summed E-state index contributed by atoms with van der Waals surface area (Å²) in [6.07, 6.45) is 5.43. The number of nitrogens with zero attached hydrogens (tertiary/aromatic N) is 2. The van der Waals surface area contributed by atoms with E-state index in [1.807, 2.05) is 18.7 Å². The molecule has 1 saturated carbocycles. The average Bonchev–Trinajstić information content (AvgIpc) is 2.46. The minimum Gasteiger partial charge on any atom is -0.340 e. The topological polar surface area (TPSA) is 47.4 Å². The third-order valence-corrected chi connectivity index (χ3v) is 4.79. The fourth-order valence-corrected chi connectivity index (χ4v) is 3.43. The second-order valence-corrected chi connectivity index (χ2v) is 5.96. The Balaban J connectivity index is 1.77. The molecule has 1 saturated heterocycles. The Bertz CT molecular complexity index is 326. The van der Waals surface area contributed by atoms with Crippen molar-refractivity contribution in [1.82, 2.24) is 9.80 Å². The summed E-state index contributed by atoms with van der Waals surface area (Å²) < 4.78 is 0. The van der Waals surface area contributed by atoms with Crippen LogP contribution in [0.2, 0.25) is 0 Å². The van der Waals surface area contributed by atoms with Crippen LogP contribution in [0.5, 0.6) is 0 Å². The van der Waals surface area contributed by atoms with Gasteiger partial charge in [0.25, 0.3) is 0 Å². The molecule has 0 aromatic rings. The highest BCUT2D eigenvalue weighted by molar-refractivity contribution is 5.81. The van der Waals surface area contributed by atoms with Gasteiger partial charge in [0, 0.05) is 44.4 Å². The van der Waals surface area contributed by atoms with Crippen LogP contribution in [0.4, 0.5) is 0 Å². The molecule has 2 rings (SSSR count). The van der Waals surface area contributed by atoms with Gasteiger partial charge in [-0.2, -0.15) is 0 Å². The van der Waals surface area contributed by atoms with Crippen LogP contribution in [-0.4, -0.2) is 53.6 Å². The van der Waals surface area contributed by atoms with Gasteiger partial charge in [-0.1, -0.05) is 6.92 Å². The van der Waals surface area contributed by atoms with Crippen molar-refractivity contribution in [2.75, 3.05) is 26.2 Å². The van der Waals surface area contributed by atoms with E-state index < -0.39 is 0 Å². The lowest BCUT2D eigenvalue weighted by molar-refractivity contribution is -0.133. The van der Waals surface area contributed by atoms with Crippen LogP contribution in [-0.2, 0) is 4.79 Å². The summed E-state index contributed by atoms with van der Waals surface area (Å²) in [6, 6.07) is 0.689. The molecule has 0 spiro atoms. The highest BCUT2D eigenvalue weighted by Gasteiger charge is 2.29. The monoisotopic (exact) mass is 265 g/mol. The molecule has 1 aliphatic heterocycles. The van der Waals surface area contributed by atoms with Gasteiger partial charge < -0.3 is 10.3 Å². The van der Waals surface area contributed by atoms with E-state index >= 15 is 0 Å². The number of nitrogens with one attached hydrogen (secondary N) is 1. The summed E-state index contributed by atoms with van der Waals surface area (Å²) in [5.41, 5.74) is 0.858. The maximum absolute atomic E-state index is 11.7. The number of piperazine rings is 1. The van der Waals surface area contributed by atoms with E-state index in [0.717, 1.165) is 31.9 Å². The molecule has 1 amide bonds. The van der Waals surface area contributed by atoms with Gasteiger partial charge in [-0.25, -0.2) is 0 Å². The molecule has 4 nitrogen and oxygen atoms in total. The van der Waals surface area contributed by atoms with Gasteiger partial charge in [0.2, 0.25) is 5.91 Å². The predicted octanol–water partition coefficient (Wildman–Crippen LogP) is 2.14. The van der Waals surface area contributed by atoms with Crippen molar-refractivity contribution >= 4 is 11.6 Å². The minimum atomic E-state index is 0.294. The average molecular weight is 265 g/mol. The molecule has 1 aliphatic carbocycles. The molecule has 0 aromatic heterocycles. The molecule has 2 aliphatic rings. The van der Waals surface area contributed by atoms with Crippen LogP contribution < -0.4 is 0 Å². The summed E-state index contributed by atoms with van der Waals surface area (Å²) in [6.45, 7) is 7.75. The van der Waals surface area contributed by atoms with Gasteiger partial charge in [0.1, 0.15) is 0 Å². The lowest BCUT2D eigenvalue weighted by Gasteiger charge is -2.42. The SMILES string of the molecule is CCC(=O)N1CCN(C2CCC(C(C)=N)CC2)CC1. The number of carbonyl (C=O) groups excluding carboxylic acids is 1. The third-order valence-electron chi connectivity index (χ3n) is 4.79. The summed E-state index contributed by atoms with van der Waals surface area (Å²) in [7, 11) is 0. The molecular weight excluding hydrogens is 238 g/mol. The van der Waals surface area contributed by atoms with E-state index in [2.05, 4.69) is 4.90 Å². The molecule has 0 bridgehead atoms. The highest BCUT2D eigenvalue weighted by Crippen LogP contribution is 2.28. The van der Waals surface area contributed by atoms with Crippen LogP contribution in [0.15, 0.2) is 0 Å². The summed E-state index contributed by atoms with van der Waals surface area (Å²) >= 11 is 0. The summed E-state index contributed by atoms with van der Waals surface area (Å²) in [4.78, 5) is 16.2. The number of hydrogen-bond donors (Lipinski definition) is 1. The quantitative estimate of drug-likeness (QED) is 0.795. The van der Waals surface area contributed by atoms with Crippen molar-refractivity contribution in [2.24, 2.45) is 5.92 Å². The minimum absolute atomic E-state index is 0.294. The van der Waals surface area contributed by atoms with Gasteiger partial charge >= 0.3 is 0 Å². The highest BCUT2D eigenvalue weighted by atomic mass is 16.2. The molecule has 108 valence electrons. The van der Waals surface area contributed by atoms with Crippen LogP contribution >= 0.6 is 0 Å². The lowest BCUT2D eigenvalue weighted by Crippen LogP contribution is -2.52. The standard InChI is InChI=1S/C15H27N3O/c1-3-15(19)18-10-8-17(9-11-18)14-6-4-13(5-7-14)12(2)16/h13-14,16H,3-11H2,1-2H3. The predicted molar refractivity (Wildman–Crippen MR) is 77.6 cm³/mol. The molecule has 0 radical (unpaired) electrons. The largest absolute Gasteiger partial charge is 0.340 e. The molecule has 1 N–H and O–H groups in total. The number of carbonyl (C=O) groups is 1. The first-order valence-corrected chi connectivity index (χ1v) is 7.68. The van der Waals surface area contributed by atoms with Gasteiger partial charge in [0.05, 0.1) is 0 Å². The zero-order valence-electron chi connectivity index (χ0n) is 12.3. The van der Waals surface area contributed by atoms with E-state index in [1.165, 1.54) is 25.7 Å². The fraction of sp³-hybridized carbons (Fsp3) is 0.867. The molecule has 0 unspecified atom stereocenters. The van der Waals surface area contributed by atoms with E-state index in [4.69, 9.17) is 5.41 Å². The zero-order chi connectivity index (χ0) is 13.8. The molecule has 2 fully saturated rings. The lowest BCUT2D eigenvalue weighted by atomic mass is 9.83. The Morgan fingerprint density at radius 3 is 2.16 bits per heavy atom. The van der Waals surface area contributed by atoms with Crippen LogP contribution in [0.3, 0.4) is 0 Å². The Morgan fingerprint density at radius 2 is 1.68 bits per heavy atom. The first-order chi connectivity index (χ1) is 9.11. The van der Waals surface area contributed by atoms with Crippen molar-refractivity contribution in [1.29, 1.82) is 5.41 Å². The Labute approximate surface area is 116 Å². The normalized spacial score (nSPS) is 29.3. The van der Waals surface area contributed by atoms with E-state index in [-0.39, 0.29) is 0 Å². The van der Waals surface area contributed by atoms with Crippen molar-refractivity contribution in [3.63, 3.8) is 0 Å². The molecular formula is C15H27N3O. The molecule has 0 aromatic carbocycles. The van der Waals surface area contributed by atoms with Gasteiger partial charge in [0.15, 0.2) is 0 Å². The maximum atomic E-state index is 11.7. The Hall–Kier alpha value is -0.900. The number of amides is 1. The number of hydrogen-bond acceptors (Lipinski definition) is 3. The van der Waals surface area contributed by atoms with Gasteiger partial charge in [-0.05, 0) is 38.5 Å². The summed E-state index contributed by atoms with van der Waals surface area (Å²) in [5.74, 6) is 0.821. The Kier molecular flexibility index (Phi) is 4.97. The number of rotatable bonds is 3.